The summed E-state index contributed by atoms with van der Waals surface area (Å²) in [5.74, 6) is -0.844. The number of aliphatic carboxylic acids is 1. The summed E-state index contributed by atoms with van der Waals surface area (Å²) in [6.07, 6.45) is -0.147. The summed E-state index contributed by atoms with van der Waals surface area (Å²) in [5.41, 5.74) is 2.27. The van der Waals surface area contributed by atoms with Crippen LogP contribution in [0.3, 0.4) is 0 Å². The standard InChI is InChI=1S/C16H12O4S/c17-15(18)8-10-5-6-13-14(7-10)21(20)9-11-3-1-2-4-12(11)16(13)19/h1-7H,8-9H2,(H,17,18)/t21-/m0/s1. The lowest BCUT2D eigenvalue weighted by atomic mass is 9.98. The lowest BCUT2D eigenvalue weighted by Gasteiger charge is -2.06. The quantitative estimate of drug-likeness (QED) is 0.922. The summed E-state index contributed by atoms with van der Waals surface area (Å²) in [4.78, 5) is 23.8. The van der Waals surface area contributed by atoms with Crippen molar-refractivity contribution in [2.75, 3.05) is 0 Å². The summed E-state index contributed by atoms with van der Waals surface area (Å²) < 4.78 is 12.5. The van der Waals surface area contributed by atoms with Crippen molar-refractivity contribution in [1.82, 2.24) is 0 Å². The van der Waals surface area contributed by atoms with Crippen molar-refractivity contribution in [3.8, 4) is 0 Å². The zero-order valence-electron chi connectivity index (χ0n) is 11.0. The molecule has 106 valence electrons. The molecule has 1 aliphatic heterocycles. The topological polar surface area (TPSA) is 71.4 Å². The second kappa shape index (κ2) is 5.26. The molecule has 0 amide bonds. The van der Waals surface area contributed by atoms with Crippen molar-refractivity contribution in [1.29, 1.82) is 0 Å². The van der Waals surface area contributed by atoms with Gasteiger partial charge >= 0.3 is 5.97 Å². The van der Waals surface area contributed by atoms with Gasteiger partial charge in [0.05, 0.1) is 27.9 Å². The van der Waals surface area contributed by atoms with Crippen molar-refractivity contribution in [2.45, 2.75) is 17.1 Å². The Morgan fingerprint density at radius 1 is 1.14 bits per heavy atom. The summed E-state index contributed by atoms with van der Waals surface area (Å²) in [7, 11) is -1.35. The molecule has 0 aromatic heterocycles. The van der Waals surface area contributed by atoms with Gasteiger partial charge in [-0.05, 0) is 23.3 Å². The molecule has 5 heteroatoms. The Morgan fingerprint density at radius 2 is 1.90 bits per heavy atom. The van der Waals surface area contributed by atoms with Gasteiger partial charge in [-0.1, -0.05) is 30.3 Å². The molecule has 0 radical (unpaired) electrons. The third kappa shape index (κ3) is 2.52. The highest BCUT2D eigenvalue weighted by molar-refractivity contribution is 7.84. The summed E-state index contributed by atoms with van der Waals surface area (Å²) in [6.45, 7) is 0. The van der Waals surface area contributed by atoms with Gasteiger partial charge in [0, 0.05) is 11.1 Å². The average Bonchev–Trinajstić information content (AvgIpc) is 2.55. The summed E-state index contributed by atoms with van der Waals surface area (Å²) >= 11 is 0. The third-order valence-corrected chi connectivity index (χ3v) is 4.84. The highest BCUT2D eigenvalue weighted by Gasteiger charge is 2.25. The maximum atomic E-state index is 12.6. The first-order valence-corrected chi connectivity index (χ1v) is 7.74. The number of carbonyl (C=O) groups excluding carboxylic acids is 1. The van der Waals surface area contributed by atoms with Gasteiger partial charge < -0.3 is 5.11 Å². The Hall–Kier alpha value is -2.27. The highest BCUT2D eigenvalue weighted by Crippen LogP contribution is 2.28. The van der Waals surface area contributed by atoms with Crippen LogP contribution in [0.1, 0.15) is 27.0 Å². The lowest BCUT2D eigenvalue weighted by Crippen LogP contribution is -2.06. The van der Waals surface area contributed by atoms with Crippen molar-refractivity contribution in [2.24, 2.45) is 0 Å². The SMILES string of the molecule is O=C(O)Cc1ccc2c(c1)[S@@](=O)Cc1ccccc1C2=O. The minimum atomic E-state index is -1.35. The van der Waals surface area contributed by atoms with Gasteiger partial charge in [-0.3, -0.25) is 13.8 Å². The number of carboxylic acid groups (broad SMARTS) is 1. The van der Waals surface area contributed by atoms with Gasteiger partial charge in [0.1, 0.15) is 0 Å². The van der Waals surface area contributed by atoms with E-state index in [1.807, 2.05) is 6.07 Å². The molecule has 1 N–H and O–H groups in total. The molecule has 0 aliphatic carbocycles. The first kappa shape index (κ1) is 13.7. The molecule has 0 spiro atoms. The van der Waals surface area contributed by atoms with E-state index in [0.717, 1.165) is 5.56 Å². The second-order valence-corrected chi connectivity index (χ2v) is 6.30. The van der Waals surface area contributed by atoms with Gasteiger partial charge in [-0.25, -0.2) is 0 Å². The van der Waals surface area contributed by atoms with Gasteiger partial charge in [-0.15, -0.1) is 0 Å². The molecule has 4 nitrogen and oxygen atoms in total. The first-order chi connectivity index (χ1) is 10.1. The molecule has 21 heavy (non-hydrogen) atoms. The highest BCUT2D eigenvalue weighted by atomic mass is 32.2. The predicted octanol–water partition coefficient (Wildman–Crippen LogP) is 2.17. The number of ketones is 1. The van der Waals surface area contributed by atoms with Gasteiger partial charge in [-0.2, -0.15) is 0 Å². The van der Waals surface area contributed by atoms with Crippen LogP contribution in [0.5, 0.6) is 0 Å². The minimum Gasteiger partial charge on any atom is -0.481 e. The fourth-order valence-corrected chi connectivity index (χ4v) is 3.84. The van der Waals surface area contributed by atoms with Crippen molar-refractivity contribution in [3.05, 3.63) is 64.7 Å². The van der Waals surface area contributed by atoms with Gasteiger partial charge in [0.15, 0.2) is 5.78 Å². The molecule has 1 atom stereocenters. The largest absolute Gasteiger partial charge is 0.481 e. The molecule has 3 rings (SSSR count). The maximum Gasteiger partial charge on any atom is 0.307 e. The number of carboxylic acids is 1. The van der Waals surface area contributed by atoms with Gasteiger partial charge in [0.2, 0.25) is 0 Å². The molecule has 0 bridgehead atoms. The molecule has 0 saturated carbocycles. The zero-order chi connectivity index (χ0) is 15.0. The van der Waals surface area contributed by atoms with Crippen LogP contribution in [0.25, 0.3) is 0 Å². The third-order valence-electron chi connectivity index (χ3n) is 3.44. The molecule has 2 aromatic rings. The Balaban J connectivity index is 2.14. The number of hydrogen-bond acceptors (Lipinski definition) is 3. The van der Waals surface area contributed by atoms with E-state index >= 15 is 0 Å². The monoisotopic (exact) mass is 300 g/mol. The van der Waals surface area contributed by atoms with E-state index in [1.165, 1.54) is 0 Å². The molecule has 2 aromatic carbocycles. The van der Waals surface area contributed by atoms with E-state index in [4.69, 9.17) is 5.11 Å². The van der Waals surface area contributed by atoms with Crippen LogP contribution in [-0.2, 0) is 27.8 Å². The second-order valence-electron chi connectivity index (χ2n) is 4.88. The van der Waals surface area contributed by atoms with Gasteiger partial charge in [0.25, 0.3) is 0 Å². The van der Waals surface area contributed by atoms with Crippen LogP contribution in [-0.4, -0.2) is 21.1 Å². The van der Waals surface area contributed by atoms with Crippen LogP contribution in [0.15, 0.2) is 47.4 Å². The van der Waals surface area contributed by atoms with E-state index < -0.39 is 16.8 Å². The van der Waals surface area contributed by atoms with Crippen LogP contribution in [0.4, 0.5) is 0 Å². The Morgan fingerprint density at radius 3 is 2.67 bits per heavy atom. The lowest BCUT2D eigenvalue weighted by molar-refractivity contribution is -0.136. The number of carbonyl (C=O) groups is 2. The molecule has 0 saturated heterocycles. The van der Waals surface area contributed by atoms with Crippen molar-refractivity contribution < 1.29 is 18.9 Å². The molecule has 0 fully saturated rings. The zero-order valence-corrected chi connectivity index (χ0v) is 11.9. The number of rotatable bonds is 2. The predicted molar refractivity (Wildman–Crippen MR) is 77.8 cm³/mol. The van der Waals surface area contributed by atoms with E-state index in [1.54, 1.807) is 36.4 Å². The maximum absolute atomic E-state index is 12.6. The minimum absolute atomic E-state index is 0.147. The first-order valence-electron chi connectivity index (χ1n) is 6.42. The molecular weight excluding hydrogens is 288 g/mol. The number of benzene rings is 2. The fraction of sp³-hybridized carbons (Fsp3) is 0.125. The average molecular weight is 300 g/mol. The van der Waals surface area contributed by atoms with E-state index in [2.05, 4.69) is 0 Å². The molecular formula is C16H12O4S. The molecule has 1 heterocycles. The van der Waals surface area contributed by atoms with Crippen LogP contribution in [0.2, 0.25) is 0 Å². The summed E-state index contributed by atoms with van der Waals surface area (Å²) in [6, 6.07) is 11.9. The van der Waals surface area contributed by atoms with Crippen molar-refractivity contribution >= 4 is 22.6 Å². The number of hydrogen-bond donors (Lipinski definition) is 1. The Bertz CT molecular complexity index is 780. The fourth-order valence-electron chi connectivity index (χ4n) is 2.46. The molecule has 1 aliphatic rings. The van der Waals surface area contributed by atoms with Crippen LogP contribution >= 0.6 is 0 Å². The van der Waals surface area contributed by atoms with E-state index in [9.17, 15) is 13.8 Å². The normalized spacial score (nSPS) is 16.8. The smallest absolute Gasteiger partial charge is 0.307 e. The Labute approximate surface area is 123 Å². The molecule has 0 unspecified atom stereocenters. The summed E-state index contributed by atoms with van der Waals surface area (Å²) in [5, 5.41) is 8.84. The number of fused-ring (bicyclic) bond motifs is 2. The van der Waals surface area contributed by atoms with Crippen LogP contribution in [0, 0.1) is 0 Å². The van der Waals surface area contributed by atoms with E-state index in [0.29, 0.717) is 21.6 Å². The van der Waals surface area contributed by atoms with Crippen molar-refractivity contribution in [3.63, 3.8) is 0 Å². The van der Waals surface area contributed by atoms with E-state index in [-0.39, 0.29) is 18.0 Å². The Kier molecular flexibility index (Phi) is 3.43. The van der Waals surface area contributed by atoms with Crippen LogP contribution < -0.4 is 0 Å².